The minimum Gasteiger partial charge on any atom is -0.435 e. The van der Waals surface area contributed by atoms with Gasteiger partial charge in [-0.1, -0.05) is 18.2 Å². The van der Waals surface area contributed by atoms with E-state index in [2.05, 4.69) is 10.1 Å². The second-order valence-electron chi connectivity index (χ2n) is 4.38. The second kappa shape index (κ2) is 8.28. The topological polar surface area (TPSA) is 55.4 Å². The number of imide groups is 1. The number of thioether (sulfide) groups is 1. The molecule has 0 fully saturated rings. The summed E-state index contributed by atoms with van der Waals surface area (Å²) in [7, 11) is 0. The van der Waals surface area contributed by atoms with E-state index in [1.165, 1.54) is 36.0 Å². The van der Waals surface area contributed by atoms with Gasteiger partial charge in [0.05, 0.1) is 5.75 Å². The molecule has 120 valence electrons. The molecule has 4 nitrogen and oxygen atoms in total. The van der Waals surface area contributed by atoms with Crippen molar-refractivity contribution in [3.8, 4) is 5.75 Å². The molecule has 2 aromatic rings. The predicted molar refractivity (Wildman–Crippen MR) is 82.7 cm³/mol. The number of ether oxygens (including phenoxy) is 1. The van der Waals surface area contributed by atoms with Gasteiger partial charge in [0, 0.05) is 10.5 Å². The van der Waals surface area contributed by atoms with Crippen molar-refractivity contribution in [1.29, 1.82) is 0 Å². The molecule has 0 unspecified atom stereocenters. The summed E-state index contributed by atoms with van der Waals surface area (Å²) in [6.07, 6.45) is 0. The van der Waals surface area contributed by atoms with Gasteiger partial charge in [0.1, 0.15) is 5.75 Å². The highest BCUT2D eigenvalue weighted by Crippen LogP contribution is 2.17. The van der Waals surface area contributed by atoms with Crippen LogP contribution >= 0.6 is 11.8 Å². The minimum absolute atomic E-state index is 0.0532. The molecule has 2 aromatic carbocycles. The molecule has 0 bridgehead atoms. The van der Waals surface area contributed by atoms with Gasteiger partial charge in [0.2, 0.25) is 5.91 Å². The summed E-state index contributed by atoms with van der Waals surface area (Å²) in [6.45, 7) is -2.92. The molecule has 0 aliphatic carbocycles. The van der Waals surface area contributed by atoms with Gasteiger partial charge in [-0.15, -0.1) is 11.8 Å². The zero-order valence-corrected chi connectivity index (χ0v) is 12.7. The molecule has 0 radical (unpaired) electrons. The first-order chi connectivity index (χ1) is 11.0. The summed E-state index contributed by atoms with van der Waals surface area (Å²) >= 11 is 1.31. The Morgan fingerprint density at radius 2 is 1.70 bits per heavy atom. The van der Waals surface area contributed by atoms with Crippen molar-refractivity contribution in [2.24, 2.45) is 0 Å². The highest BCUT2D eigenvalue weighted by atomic mass is 32.2. The molecule has 0 aliphatic rings. The van der Waals surface area contributed by atoms with Crippen LogP contribution in [0.2, 0.25) is 0 Å². The van der Waals surface area contributed by atoms with E-state index in [0.29, 0.717) is 0 Å². The van der Waals surface area contributed by atoms with Crippen LogP contribution in [0.5, 0.6) is 5.75 Å². The molecule has 0 aromatic heterocycles. The highest BCUT2D eigenvalue weighted by molar-refractivity contribution is 8.00. The lowest BCUT2D eigenvalue weighted by Gasteiger charge is -2.06. The van der Waals surface area contributed by atoms with Gasteiger partial charge in [-0.05, 0) is 36.4 Å². The maximum absolute atomic E-state index is 12.0. The Morgan fingerprint density at radius 3 is 2.30 bits per heavy atom. The third-order valence-corrected chi connectivity index (χ3v) is 3.72. The number of carbonyl (C=O) groups is 2. The molecule has 0 spiro atoms. The number of halogens is 2. The fraction of sp³-hybridized carbons (Fsp3) is 0.125. The molecule has 2 rings (SSSR count). The molecule has 7 heteroatoms. The van der Waals surface area contributed by atoms with Crippen LogP contribution in [0.25, 0.3) is 0 Å². The van der Waals surface area contributed by atoms with Gasteiger partial charge in [0.15, 0.2) is 0 Å². The van der Waals surface area contributed by atoms with Crippen molar-refractivity contribution in [2.75, 3.05) is 5.75 Å². The molecule has 23 heavy (non-hydrogen) atoms. The van der Waals surface area contributed by atoms with E-state index in [0.717, 1.165) is 4.90 Å². The lowest BCUT2D eigenvalue weighted by atomic mass is 10.2. The van der Waals surface area contributed by atoms with Crippen molar-refractivity contribution in [3.63, 3.8) is 0 Å². The van der Waals surface area contributed by atoms with Gasteiger partial charge >= 0.3 is 6.61 Å². The second-order valence-corrected chi connectivity index (χ2v) is 5.43. The number of amides is 2. The summed E-state index contributed by atoms with van der Waals surface area (Å²) in [6, 6.07) is 14.4. The largest absolute Gasteiger partial charge is 0.435 e. The van der Waals surface area contributed by atoms with E-state index in [-0.39, 0.29) is 17.1 Å². The normalized spacial score (nSPS) is 10.4. The van der Waals surface area contributed by atoms with Crippen molar-refractivity contribution < 1.29 is 23.1 Å². The first-order valence-corrected chi connectivity index (χ1v) is 7.60. The van der Waals surface area contributed by atoms with E-state index in [4.69, 9.17) is 0 Å². The molecule has 1 N–H and O–H groups in total. The molecule has 0 saturated heterocycles. The molecule has 0 saturated carbocycles. The van der Waals surface area contributed by atoms with E-state index in [9.17, 15) is 18.4 Å². The van der Waals surface area contributed by atoms with Crippen molar-refractivity contribution in [1.82, 2.24) is 5.32 Å². The highest BCUT2D eigenvalue weighted by Gasteiger charge is 2.11. The number of benzene rings is 2. The molecular formula is C16H13F2NO3S. The van der Waals surface area contributed by atoms with E-state index >= 15 is 0 Å². The van der Waals surface area contributed by atoms with Gasteiger partial charge in [-0.2, -0.15) is 8.78 Å². The average Bonchev–Trinajstić information content (AvgIpc) is 2.54. The predicted octanol–water partition coefficient (Wildman–Crippen LogP) is 3.34. The molecular weight excluding hydrogens is 324 g/mol. The molecule has 0 atom stereocenters. The Labute approximate surface area is 135 Å². The van der Waals surface area contributed by atoms with E-state index in [1.54, 1.807) is 0 Å². The fourth-order valence-electron chi connectivity index (χ4n) is 1.69. The Bertz CT molecular complexity index is 663. The number of hydrogen-bond donors (Lipinski definition) is 1. The minimum atomic E-state index is -2.92. The third-order valence-electron chi connectivity index (χ3n) is 2.71. The monoisotopic (exact) mass is 337 g/mol. The zero-order chi connectivity index (χ0) is 16.7. The standard InChI is InChI=1S/C16H13F2NO3S/c17-16(18)22-12-8-6-11(7-9-12)15(21)19-14(20)10-23-13-4-2-1-3-5-13/h1-9,16H,10H2,(H,19,20,21). The maximum atomic E-state index is 12.0. The average molecular weight is 337 g/mol. The van der Waals surface area contributed by atoms with Crippen LogP contribution in [0.1, 0.15) is 10.4 Å². The van der Waals surface area contributed by atoms with Crippen molar-refractivity contribution in [2.45, 2.75) is 11.5 Å². The van der Waals surface area contributed by atoms with Crippen LogP contribution in [0.15, 0.2) is 59.5 Å². The number of carbonyl (C=O) groups excluding carboxylic acids is 2. The number of rotatable bonds is 6. The smallest absolute Gasteiger partial charge is 0.387 e. The first-order valence-electron chi connectivity index (χ1n) is 6.61. The van der Waals surface area contributed by atoms with Crippen LogP contribution in [0.3, 0.4) is 0 Å². The van der Waals surface area contributed by atoms with E-state index < -0.39 is 18.4 Å². The summed E-state index contributed by atoms with van der Waals surface area (Å²) in [5.74, 6) is -0.978. The summed E-state index contributed by atoms with van der Waals surface area (Å²) in [4.78, 5) is 24.5. The van der Waals surface area contributed by atoms with Gasteiger partial charge < -0.3 is 4.74 Å². The van der Waals surface area contributed by atoms with Crippen molar-refractivity contribution in [3.05, 3.63) is 60.2 Å². The van der Waals surface area contributed by atoms with Crippen molar-refractivity contribution >= 4 is 23.6 Å². The quantitative estimate of drug-likeness (QED) is 0.822. The number of hydrogen-bond acceptors (Lipinski definition) is 4. The Morgan fingerprint density at radius 1 is 1.04 bits per heavy atom. The van der Waals surface area contributed by atoms with Crippen LogP contribution in [0, 0.1) is 0 Å². The number of nitrogens with one attached hydrogen (secondary N) is 1. The SMILES string of the molecule is O=C(CSc1ccccc1)NC(=O)c1ccc(OC(F)F)cc1. The number of alkyl halides is 2. The van der Waals surface area contributed by atoms with Gasteiger partial charge in [-0.3, -0.25) is 14.9 Å². The lowest BCUT2D eigenvalue weighted by Crippen LogP contribution is -2.31. The zero-order valence-electron chi connectivity index (χ0n) is 11.9. The van der Waals surface area contributed by atoms with E-state index in [1.807, 2.05) is 30.3 Å². The maximum Gasteiger partial charge on any atom is 0.387 e. The summed E-state index contributed by atoms with van der Waals surface area (Å²) in [5.41, 5.74) is 0.185. The molecule has 0 aliphatic heterocycles. The molecule has 2 amide bonds. The third kappa shape index (κ3) is 5.71. The Kier molecular flexibility index (Phi) is 6.10. The van der Waals surface area contributed by atoms with Crippen LogP contribution in [-0.4, -0.2) is 24.2 Å². The summed E-state index contributed by atoms with van der Waals surface area (Å²) < 4.78 is 28.2. The van der Waals surface area contributed by atoms with Crippen LogP contribution in [0.4, 0.5) is 8.78 Å². The Balaban J connectivity index is 1.84. The van der Waals surface area contributed by atoms with Crippen LogP contribution < -0.4 is 10.1 Å². The summed E-state index contributed by atoms with van der Waals surface area (Å²) in [5, 5.41) is 2.24. The first kappa shape index (κ1) is 17.0. The van der Waals surface area contributed by atoms with Gasteiger partial charge in [-0.25, -0.2) is 0 Å². The molecule has 0 heterocycles. The van der Waals surface area contributed by atoms with Crippen LogP contribution in [-0.2, 0) is 4.79 Å². The fourth-order valence-corrected chi connectivity index (χ4v) is 2.41. The Hall–Kier alpha value is -2.41. The lowest BCUT2D eigenvalue weighted by molar-refractivity contribution is -0.117. The van der Waals surface area contributed by atoms with Gasteiger partial charge in [0.25, 0.3) is 5.91 Å².